The van der Waals surface area contributed by atoms with Crippen LogP contribution in [0.25, 0.3) is 0 Å². The van der Waals surface area contributed by atoms with Crippen LogP contribution in [0.1, 0.15) is 24.5 Å². The van der Waals surface area contributed by atoms with Crippen molar-refractivity contribution in [3.8, 4) is 0 Å². The predicted octanol–water partition coefficient (Wildman–Crippen LogP) is 1.20. The summed E-state index contributed by atoms with van der Waals surface area (Å²) in [6, 6.07) is -0.669. The molecule has 0 saturated carbocycles. The van der Waals surface area contributed by atoms with Gasteiger partial charge in [-0.05, 0) is 12.8 Å². The Kier molecular flexibility index (Phi) is 4.27. The number of nitrogens with two attached hydrogens (primary N) is 1. The molecule has 2 heterocycles. The van der Waals surface area contributed by atoms with Gasteiger partial charge in [-0.2, -0.15) is 0 Å². The number of thiazole rings is 1. The predicted molar refractivity (Wildman–Crippen MR) is 77.2 cm³/mol. The zero-order valence-electron chi connectivity index (χ0n) is 12.0. The molecule has 0 radical (unpaired) electrons. The van der Waals surface area contributed by atoms with Crippen molar-refractivity contribution < 1.29 is 9.59 Å². The number of urea groups is 1. The molecule has 3 amide bonds. The third-order valence-corrected chi connectivity index (χ3v) is 4.23. The molecular formula is C13H20N4O2S. The first-order chi connectivity index (χ1) is 9.40. The standard InChI is InChI=1S/C13H20N4O2S/c1-8(2)11(12(14)18)17-5-4-16(13(17)19)6-10-7-20-9(3)15-10/h7-8,11H,4-6H2,1-3H3,(H2,14,18). The van der Waals surface area contributed by atoms with E-state index < -0.39 is 11.9 Å². The number of aromatic nitrogens is 1. The Morgan fingerprint density at radius 1 is 1.50 bits per heavy atom. The van der Waals surface area contributed by atoms with Crippen molar-refractivity contribution in [3.63, 3.8) is 0 Å². The highest BCUT2D eigenvalue weighted by Gasteiger charge is 2.37. The van der Waals surface area contributed by atoms with Gasteiger partial charge in [0.2, 0.25) is 5.91 Å². The van der Waals surface area contributed by atoms with E-state index in [1.807, 2.05) is 26.2 Å². The molecule has 0 aromatic carbocycles. The minimum Gasteiger partial charge on any atom is -0.368 e. The van der Waals surface area contributed by atoms with Gasteiger partial charge in [0.15, 0.2) is 0 Å². The molecule has 0 aliphatic carbocycles. The maximum Gasteiger partial charge on any atom is 0.321 e. The fourth-order valence-corrected chi connectivity index (χ4v) is 3.13. The molecule has 1 aromatic heterocycles. The summed E-state index contributed by atoms with van der Waals surface area (Å²) in [6.07, 6.45) is 0. The van der Waals surface area contributed by atoms with Crippen LogP contribution in [0.15, 0.2) is 5.38 Å². The van der Waals surface area contributed by atoms with Crippen molar-refractivity contribution in [3.05, 3.63) is 16.1 Å². The quantitative estimate of drug-likeness (QED) is 0.886. The topological polar surface area (TPSA) is 79.5 Å². The van der Waals surface area contributed by atoms with Crippen LogP contribution in [-0.4, -0.2) is 45.9 Å². The molecule has 0 bridgehead atoms. The summed E-state index contributed by atoms with van der Waals surface area (Å²) in [6.45, 7) is 7.36. The van der Waals surface area contributed by atoms with Crippen LogP contribution >= 0.6 is 11.3 Å². The van der Waals surface area contributed by atoms with Gasteiger partial charge >= 0.3 is 6.03 Å². The van der Waals surface area contributed by atoms with Gasteiger partial charge in [-0.25, -0.2) is 9.78 Å². The van der Waals surface area contributed by atoms with Crippen LogP contribution in [0, 0.1) is 12.8 Å². The molecule has 1 unspecified atom stereocenters. The number of primary amides is 1. The van der Waals surface area contributed by atoms with Crippen LogP contribution < -0.4 is 5.73 Å². The lowest BCUT2D eigenvalue weighted by atomic mass is 10.0. The Labute approximate surface area is 122 Å². The summed E-state index contributed by atoms with van der Waals surface area (Å²) in [4.78, 5) is 31.6. The third-order valence-electron chi connectivity index (χ3n) is 3.41. The largest absolute Gasteiger partial charge is 0.368 e. The van der Waals surface area contributed by atoms with Gasteiger partial charge in [-0.1, -0.05) is 13.8 Å². The minimum absolute atomic E-state index is 0.0120. The molecule has 2 rings (SSSR count). The first-order valence-electron chi connectivity index (χ1n) is 6.66. The van der Waals surface area contributed by atoms with E-state index in [0.717, 1.165) is 10.7 Å². The molecule has 1 saturated heterocycles. The first-order valence-corrected chi connectivity index (χ1v) is 7.54. The van der Waals surface area contributed by atoms with Crippen molar-refractivity contribution >= 4 is 23.3 Å². The number of carbonyl (C=O) groups excluding carboxylic acids is 2. The van der Waals surface area contributed by atoms with E-state index in [2.05, 4.69) is 4.98 Å². The second-order valence-corrected chi connectivity index (χ2v) is 6.41. The summed E-state index contributed by atoms with van der Waals surface area (Å²) in [5, 5.41) is 2.94. The number of hydrogen-bond donors (Lipinski definition) is 1. The maximum atomic E-state index is 12.4. The minimum atomic E-state index is -0.537. The first kappa shape index (κ1) is 14.8. The number of nitrogens with zero attached hydrogens (tertiary/aromatic N) is 3. The Balaban J connectivity index is 2.07. The Morgan fingerprint density at radius 2 is 2.20 bits per heavy atom. The number of amides is 3. The van der Waals surface area contributed by atoms with Crippen LogP contribution in [0.2, 0.25) is 0 Å². The van der Waals surface area contributed by atoms with E-state index >= 15 is 0 Å². The second-order valence-electron chi connectivity index (χ2n) is 5.35. The zero-order chi connectivity index (χ0) is 14.9. The molecule has 6 nitrogen and oxygen atoms in total. The molecule has 7 heteroatoms. The summed E-state index contributed by atoms with van der Waals surface area (Å²) in [5.41, 5.74) is 6.31. The number of hydrogen-bond acceptors (Lipinski definition) is 4. The second kappa shape index (κ2) is 5.78. The number of rotatable bonds is 5. The number of carbonyl (C=O) groups is 2. The van der Waals surface area contributed by atoms with Crippen LogP contribution in [0.4, 0.5) is 4.79 Å². The van der Waals surface area contributed by atoms with E-state index in [1.54, 1.807) is 21.1 Å². The molecule has 1 fully saturated rings. The van der Waals surface area contributed by atoms with Gasteiger partial charge in [-0.15, -0.1) is 11.3 Å². The van der Waals surface area contributed by atoms with Crippen LogP contribution in [0.5, 0.6) is 0 Å². The molecule has 1 aliphatic heterocycles. The fraction of sp³-hybridized carbons (Fsp3) is 0.615. The van der Waals surface area contributed by atoms with Crippen molar-refractivity contribution in [1.29, 1.82) is 0 Å². The lowest BCUT2D eigenvalue weighted by molar-refractivity contribution is -0.123. The van der Waals surface area contributed by atoms with Gasteiger partial charge < -0.3 is 15.5 Å². The van der Waals surface area contributed by atoms with E-state index in [0.29, 0.717) is 19.6 Å². The third kappa shape index (κ3) is 2.92. The molecule has 0 spiro atoms. The van der Waals surface area contributed by atoms with E-state index in [-0.39, 0.29) is 11.9 Å². The monoisotopic (exact) mass is 296 g/mol. The lowest BCUT2D eigenvalue weighted by Gasteiger charge is -2.28. The van der Waals surface area contributed by atoms with Gasteiger partial charge in [0, 0.05) is 18.5 Å². The zero-order valence-corrected chi connectivity index (χ0v) is 12.8. The Hall–Kier alpha value is -1.63. The Bertz CT molecular complexity index is 514. The highest BCUT2D eigenvalue weighted by atomic mass is 32.1. The highest BCUT2D eigenvalue weighted by molar-refractivity contribution is 7.09. The number of aryl methyl sites for hydroxylation is 1. The van der Waals surface area contributed by atoms with Crippen molar-refractivity contribution in [2.24, 2.45) is 11.7 Å². The average molecular weight is 296 g/mol. The van der Waals surface area contributed by atoms with Gasteiger partial charge in [-0.3, -0.25) is 4.79 Å². The summed E-state index contributed by atoms with van der Waals surface area (Å²) < 4.78 is 0. The smallest absolute Gasteiger partial charge is 0.321 e. The highest BCUT2D eigenvalue weighted by Crippen LogP contribution is 2.20. The van der Waals surface area contributed by atoms with Crippen LogP contribution in [-0.2, 0) is 11.3 Å². The summed E-state index contributed by atoms with van der Waals surface area (Å²) >= 11 is 1.57. The summed E-state index contributed by atoms with van der Waals surface area (Å²) in [7, 11) is 0. The summed E-state index contributed by atoms with van der Waals surface area (Å²) in [5.74, 6) is -0.433. The van der Waals surface area contributed by atoms with Gasteiger partial charge in [0.05, 0.1) is 17.2 Å². The van der Waals surface area contributed by atoms with E-state index in [1.165, 1.54) is 0 Å². The molecule has 2 N–H and O–H groups in total. The Morgan fingerprint density at radius 3 is 2.70 bits per heavy atom. The average Bonchev–Trinajstić information content (AvgIpc) is 2.89. The van der Waals surface area contributed by atoms with E-state index in [4.69, 9.17) is 5.73 Å². The SMILES string of the molecule is Cc1nc(CN2CCN(C(C(N)=O)C(C)C)C2=O)cs1. The molecule has 1 atom stereocenters. The van der Waals surface area contributed by atoms with Crippen molar-refractivity contribution in [1.82, 2.24) is 14.8 Å². The van der Waals surface area contributed by atoms with E-state index in [9.17, 15) is 9.59 Å². The van der Waals surface area contributed by atoms with Crippen molar-refractivity contribution in [2.75, 3.05) is 13.1 Å². The van der Waals surface area contributed by atoms with Gasteiger partial charge in [0.1, 0.15) is 6.04 Å². The molecule has 110 valence electrons. The molecule has 1 aliphatic rings. The maximum absolute atomic E-state index is 12.4. The lowest BCUT2D eigenvalue weighted by Crippen LogP contribution is -2.49. The normalized spacial score (nSPS) is 17.1. The fourth-order valence-electron chi connectivity index (χ4n) is 2.52. The van der Waals surface area contributed by atoms with Gasteiger partial charge in [0.25, 0.3) is 0 Å². The molecule has 1 aromatic rings. The van der Waals surface area contributed by atoms with Crippen LogP contribution in [0.3, 0.4) is 0 Å². The molecular weight excluding hydrogens is 276 g/mol. The molecule has 20 heavy (non-hydrogen) atoms. The van der Waals surface area contributed by atoms with Crippen molar-refractivity contribution in [2.45, 2.75) is 33.4 Å².